The van der Waals surface area contributed by atoms with Crippen LogP contribution in [0.25, 0.3) is 10.8 Å². The molecule has 0 spiro atoms. The minimum Gasteiger partial charge on any atom is -0.325 e. The van der Waals surface area contributed by atoms with Gasteiger partial charge in [0.15, 0.2) is 0 Å². The van der Waals surface area contributed by atoms with Crippen LogP contribution in [0.3, 0.4) is 0 Å². The number of aromatic nitrogens is 1. The van der Waals surface area contributed by atoms with Crippen LogP contribution in [0.5, 0.6) is 0 Å². The van der Waals surface area contributed by atoms with Gasteiger partial charge in [-0.15, -0.1) is 0 Å². The second-order valence-electron chi connectivity index (χ2n) is 4.30. The predicted octanol–water partition coefficient (Wildman–Crippen LogP) is 2.96. The summed E-state index contributed by atoms with van der Waals surface area (Å²) in [6, 6.07) is 7.96. The molecule has 1 aromatic heterocycles. The molecule has 78 valence electrons. The number of fused-ring (bicyclic) bond motifs is 1. The van der Waals surface area contributed by atoms with Crippen LogP contribution in [0.1, 0.15) is 31.0 Å². The molecule has 1 heterocycles. The SMILES string of the molecule is Cc1ccc2c(=O)[nH]c(C(C)C)cc2c1. The summed E-state index contributed by atoms with van der Waals surface area (Å²) in [6.45, 7) is 6.19. The van der Waals surface area contributed by atoms with Crippen LogP contribution in [0.15, 0.2) is 29.1 Å². The van der Waals surface area contributed by atoms with Crippen LogP contribution < -0.4 is 5.56 Å². The lowest BCUT2D eigenvalue weighted by atomic mass is 10.0. The van der Waals surface area contributed by atoms with Crippen LogP contribution in [-0.4, -0.2) is 4.98 Å². The maximum atomic E-state index is 11.8. The Morgan fingerprint density at radius 1 is 1.20 bits per heavy atom. The van der Waals surface area contributed by atoms with Crippen LogP contribution in [0, 0.1) is 6.92 Å². The molecule has 0 aliphatic carbocycles. The van der Waals surface area contributed by atoms with Crippen LogP contribution in [0.4, 0.5) is 0 Å². The molecule has 0 atom stereocenters. The lowest BCUT2D eigenvalue weighted by Gasteiger charge is -2.07. The van der Waals surface area contributed by atoms with E-state index >= 15 is 0 Å². The highest BCUT2D eigenvalue weighted by Crippen LogP contribution is 2.17. The number of hydrogen-bond donors (Lipinski definition) is 1. The van der Waals surface area contributed by atoms with Crippen molar-refractivity contribution in [1.82, 2.24) is 4.98 Å². The Balaban J connectivity index is 2.80. The van der Waals surface area contributed by atoms with Gasteiger partial charge in [0.2, 0.25) is 0 Å². The van der Waals surface area contributed by atoms with E-state index in [1.165, 1.54) is 5.56 Å². The minimum atomic E-state index is 0.0104. The van der Waals surface area contributed by atoms with E-state index in [-0.39, 0.29) is 5.56 Å². The number of pyridine rings is 1. The van der Waals surface area contributed by atoms with E-state index in [0.29, 0.717) is 5.92 Å². The molecule has 2 nitrogen and oxygen atoms in total. The van der Waals surface area contributed by atoms with Crippen LogP contribution in [0.2, 0.25) is 0 Å². The molecule has 0 bridgehead atoms. The first-order valence-electron chi connectivity index (χ1n) is 5.21. The Hall–Kier alpha value is -1.57. The van der Waals surface area contributed by atoms with Gasteiger partial charge in [-0.25, -0.2) is 0 Å². The zero-order valence-corrected chi connectivity index (χ0v) is 9.29. The van der Waals surface area contributed by atoms with Crippen molar-refractivity contribution in [3.8, 4) is 0 Å². The second-order valence-corrected chi connectivity index (χ2v) is 4.30. The number of hydrogen-bond acceptors (Lipinski definition) is 1. The number of H-pyrrole nitrogens is 1. The van der Waals surface area contributed by atoms with Gasteiger partial charge in [0.05, 0.1) is 0 Å². The molecule has 1 N–H and O–H groups in total. The molecular weight excluding hydrogens is 186 g/mol. The molecule has 2 heteroatoms. The molecule has 15 heavy (non-hydrogen) atoms. The maximum absolute atomic E-state index is 11.8. The van der Waals surface area contributed by atoms with E-state index in [0.717, 1.165) is 16.5 Å². The summed E-state index contributed by atoms with van der Waals surface area (Å²) >= 11 is 0. The summed E-state index contributed by atoms with van der Waals surface area (Å²) in [6.07, 6.45) is 0. The highest BCUT2D eigenvalue weighted by molar-refractivity contribution is 5.82. The van der Waals surface area contributed by atoms with Crippen molar-refractivity contribution in [2.75, 3.05) is 0 Å². The number of aryl methyl sites for hydroxylation is 1. The Morgan fingerprint density at radius 2 is 1.93 bits per heavy atom. The van der Waals surface area contributed by atoms with Gasteiger partial charge in [-0.1, -0.05) is 31.5 Å². The molecule has 2 rings (SSSR count). The predicted molar refractivity (Wildman–Crippen MR) is 63.4 cm³/mol. The number of aromatic amines is 1. The van der Waals surface area contributed by atoms with Gasteiger partial charge in [-0.2, -0.15) is 0 Å². The van der Waals surface area contributed by atoms with E-state index in [1.807, 2.05) is 19.1 Å². The van der Waals surface area contributed by atoms with Crippen molar-refractivity contribution in [3.05, 3.63) is 45.9 Å². The largest absolute Gasteiger partial charge is 0.325 e. The summed E-state index contributed by atoms with van der Waals surface area (Å²) in [5.41, 5.74) is 2.19. The lowest BCUT2D eigenvalue weighted by Crippen LogP contribution is -2.10. The lowest BCUT2D eigenvalue weighted by molar-refractivity contribution is 0.820. The van der Waals surface area contributed by atoms with Crippen molar-refractivity contribution in [2.45, 2.75) is 26.7 Å². The minimum absolute atomic E-state index is 0.0104. The van der Waals surface area contributed by atoms with E-state index < -0.39 is 0 Å². The fraction of sp³-hybridized carbons (Fsp3) is 0.308. The molecule has 0 unspecified atom stereocenters. The summed E-state index contributed by atoms with van der Waals surface area (Å²) in [4.78, 5) is 14.7. The van der Waals surface area contributed by atoms with Crippen molar-refractivity contribution < 1.29 is 0 Å². The van der Waals surface area contributed by atoms with Crippen molar-refractivity contribution in [3.63, 3.8) is 0 Å². The van der Waals surface area contributed by atoms with Crippen LogP contribution in [-0.2, 0) is 0 Å². The highest BCUT2D eigenvalue weighted by atomic mass is 16.1. The molecule has 0 radical (unpaired) electrons. The molecule has 2 aromatic rings. The van der Waals surface area contributed by atoms with Gasteiger partial charge in [0, 0.05) is 11.1 Å². The number of benzene rings is 1. The number of nitrogens with one attached hydrogen (secondary N) is 1. The average Bonchev–Trinajstić information content (AvgIpc) is 2.16. The normalized spacial score (nSPS) is 11.2. The third kappa shape index (κ3) is 1.80. The highest BCUT2D eigenvalue weighted by Gasteiger charge is 2.04. The van der Waals surface area contributed by atoms with Gasteiger partial charge in [0.25, 0.3) is 5.56 Å². The van der Waals surface area contributed by atoms with Crippen molar-refractivity contribution >= 4 is 10.8 Å². The molecule has 0 amide bonds. The van der Waals surface area contributed by atoms with Gasteiger partial charge in [-0.05, 0) is 30.4 Å². The maximum Gasteiger partial charge on any atom is 0.256 e. The standard InChI is InChI=1S/C13H15NO/c1-8(2)12-7-10-6-9(3)4-5-11(10)13(15)14-12/h4-8H,1-3H3,(H,14,15). The van der Waals surface area contributed by atoms with Crippen molar-refractivity contribution in [2.24, 2.45) is 0 Å². The number of rotatable bonds is 1. The Kier molecular flexibility index (Phi) is 2.35. The zero-order chi connectivity index (χ0) is 11.0. The molecular formula is C13H15NO. The topological polar surface area (TPSA) is 32.9 Å². The van der Waals surface area contributed by atoms with Crippen molar-refractivity contribution in [1.29, 1.82) is 0 Å². The summed E-state index contributed by atoms with van der Waals surface area (Å²) < 4.78 is 0. The van der Waals surface area contributed by atoms with Gasteiger partial charge < -0.3 is 4.98 Å². The molecule has 0 aliphatic rings. The summed E-state index contributed by atoms with van der Waals surface area (Å²) in [5, 5.41) is 1.80. The van der Waals surface area contributed by atoms with Gasteiger partial charge >= 0.3 is 0 Å². The Bertz CT molecular complexity index is 552. The summed E-state index contributed by atoms with van der Waals surface area (Å²) in [7, 11) is 0. The van der Waals surface area contributed by atoms with E-state index in [1.54, 1.807) is 0 Å². The first kappa shape index (κ1) is 9.97. The molecule has 0 saturated heterocycles. The first-order chi connectivity index (χ1) is 7.08. The van der Waals surface area contributed by atoms with E-state index in [9.17, 15) is 4.79 Å². The molecule has 0 aliphatic heterocycles. The molecule has 0 saturated carbocycles. The molecule has 0 fully saturated rings. The third-order valence-corrected chi connectivity index (χ3v) is 2.64. The van der Waals surface area contributed by atoms with Crippen LogP contribution >= 0.6 is 0 Å². The monoisotopic (exact) mass is 201 g/mol. The fourth-order valence-corrected chi connectivity index (χ4v) is 1.72. The van der Waals surface area contributed by atoms with E-state index in [4.69, 9.17) is 0 Å². The molecule has 1 aromatic carbocycles. The first-order valence-corrected chi connectivity index (χ1v) is 5.21. The Morgan fingerprint density at radius 3 is 2.60 bits per heavy atom. The van der Waals surface area contributed by atoms with Gasteiger partial charge in [0.1, 0.15) is 0 Å². The van der Waals surface area contributed by atoms with Gasteiger partial charge in [-0.3, -0.25) is 4.79 Å². The quantitative estimate of drug-likeness (QED) is 0.756. The summed E-state index contributed by atoms with van der Waals surface area (Å²) in [5.74, 6) is 0.350. The average molecular weight is 201 g/mol. The smallest absolute Gasteiger partial charge is 0.256 e. The Labute approximate surface area is 89.0 Å². The fourth-order valence-electron chi connectivity index (χ4n) is 1.72. The third-order valence-electron chi connectivity index (χ3n) is 2.64. The zero-order valence-electron chi connectivity index (χ0n) is 9.29. The second kappa shape index (κ2) is 3.54. The van der Waals surface area contributed by atoms with E-state index in [2.05, 4.69) is 31.0 Å².